The van der Waals surface area contributed by atoms with Gasteiger partial charge in [-0.15, -0.1) is 0 Å². The van der Waals surface area contributed by atoms with Crippen molar-refractivity contribution in [2.24, 2.45) is 0 Å². The molecule has 5 heteroatoms. The van der Waals surface area contributed by atoms with E-state index in [1.807, 2.05) is 12.1 Å². The van der Waals surface area contributed by atoms with Gasteiger partial charge in [-0.05, 0) is 44.2 Å². The van der Waals surface area contributed by atoms with Gasteiger partial charge < -0.3 is 5.32 Å². The van der Waals surface area contributed by atoms with Gasteiger partial charge in [-0.2, -0.15) is 0 Å². The second kappa shape index (κ2) is 7.57. The van der Waals surface area contributed by atoms with Crippen LogP contribution in [0.3, 0.4) is 0 Å². The van der Waals surface area contributed by atoms with E-state index in [2.05, 4.69) is 59.3 Å². The average molecular weight is 338 g/mol. The first kappa shape index (κ1) is 17.3. The van der Waals surface area contributed by atoms with E-state index in [4.69, 9.17) is 0 Å². The van der Waals surface area contributed by atoms with Gasteiger partial charge in [0.15, 0.2) is 0 Å². The maximum absolute atomic E-state index is 13.9. The van der Waals surface area contributed by atoms with E-state index in [0.717, 1.165) is 6.54 Å². The molecule has 0 bridgehead atoms. The molecule has 0 amide bonds. The van der Waals surface area contributed by atoms with Gasteiger partial charge in [-0.25, -0.2) is 14.4 Å². The molecule has 1 N–H and O–H groups in total. The Balaban J connectivity index is 1.82. The molecule has 0 saturated heterocycles. The van der Waals surface area contributed by atoms with Crippen LogP contribution in [0.1, 0.15) is 25.0 Å². The van der Waals surface area contributed by atoms with Crippen molar-refractivity contribution in [3.63, 3.8) is 0 Å². The quantitative estimate of drug-likeness (QED) is 0.730. The molecule has 4 nitrogen and oxygen atoms in total. The van der Waals surface area contributed by atoms with Gasteiger partial charge >= 0.3 is 0 Å². The Bertz CT molecular complexity index is 863. The SMILES string of the molecule is CC(C)N(C)Cc1ccccc1CNc1ncnc2c(F)cccc12. The number of nitrogens with zero attached hydrogens (tertiary/aromatic N) is 3. The summed E-state index contributed by atoms with van der Waals surface area (Å²) in [6, 6.07) is 13.8. The number of rotatable bonds is 6. The molecule has 0 atom stereocenters. The van der Waals surface area contributed by atoms with Crippen LogP contribution < -0.4 is 5.32 Å². The second-order valence-corrected chi connectivity index (χ2v) is 6.49. The third kappa shape index (κ3) is 3.94. The highest BCUT2D eigenvalue weighted by Crippen LogP contribution is 2.22. The van der Waals surface area contributed by atoms with Gasteiger partial charge in [0.2, 0.25) is 0 Å². The van der Waals surface area contributed by atoms with Crippen LogP contribution in [-0.4, -0.2) is 28.0 Å². The Morgan fingerprint density at radius 2 is 1.80 bits per heavy atom. The van der Waals surface area contributed by atoms with E-state index in [0.29, 0.717) is 29.3 Å². The zero-order valence-electron chi connectivity index (χ0n) is 14.8. The van der Waals surface area contributed by atoms with E-state index in [1.54, 1.807) is 6.07 Å². The van der Waals surface area contributed by atoms with Crippen LogP contribution in [0.15, 0.2) is 48.8 Å². The lowest BCUT2D eigenvalue weighted by Gasteiger charge is -2.22. The minimum atomic E-state index is -0.332. The molecule has 0 spiro atoms. The smallest absolute Gasteiger partial charge is 0.149 e. The first-order valence-electron chi connectivity index (χ1n) is 8.46. The third-order valence-electron chi connectivity index (χ3n) is 4.48. The van der Waals surface area contributed by atoms with Crippen molar-refractivity contribution in [3.05, 3.63) is 65.7 Å². The van der Waals surface area contributed by atoms with Gasteiger partial charge in [0.05, 0.1) is 0 Å². The Hall–Kier alpha value is -2.53. The minimum absolute atomic E-state index is 0.332. The number of para-hydroxylation sites is 1. The number of benzene rings is 2. The summed E-state index contributed by atoms with van der Waals surface area (Å²) in [5, 5.41) is 4.03. The minimum Gasteiger partial charge on any atom is -0.365 e. The van der Waals surface area contributed by atoms with Crippen molar-refractivity contribution >= 4 is 16.7 Å². The molecule has 0 radical (unpaired) electrons. The summed E-state index contributed by atoms with van der Waals surface area (Å²) in [5.41, 5.74) is 2.82. The van der Waals surface area contributed by atoms with Crippen LogP contribution in [0.5, 0.6) is 0 Å². The van der Waals surface area contributed by atoms with Crippen LogP contribution in [0.4, 0.5) is 10.2 Å². The summed E-state index contributed by atoms with van der Waals surface area (Å²) in [6.45, 7) is 5.88. The average Bonchev–Trinajstić information content (AvgIpc) is 2.61. The zero-order valence-corrected chi connectivity index (χ0v) is 14.8. The van der Waals surface area contributed by atoms with Crippen molar-refractivity contribution in [1.29, 1.82) is 0 Å². The highest BCUT2D eigenvalue weighted by atomic mass is 19.1. The molecule has 1 heterocycles. The lowest BCUT2D eigenvalue weighted by Crippen LogP contribution is -2.26. The molecule has 0 aliphatic heterocycles. The summed E-state index contributed by atoms with van der Waals surface area (Å²) in [4.78, 5) is 10.6. The number of halogens is 1. The maximum Gasteiger partial charge on any atom is 0.149 e. The van der Waals surface area contributed by atoms with Crippen molar-refractivity contribution < 1.29 is 4.39 Å². The van der Waals surface area contributed by atoms with Gasteiger partial charge in [-0.1, -0.05) is 30.3 Å². The maximum atomic E-state index is 13.9. The van der Waals surface area contributed by atoms with Gasteiger partial charge in [-0.3, -0.25) is 4.90 Å². The van der Waals surface area contributed by atoms with Crippen molar-refractivity contribution in [1.82, 2.24) is 14.9 Å². The third-order valence-corrected chi connectivity index (χ3v) is 4.48. The van der Waals surface area contributed by atoms with Crippen LogP contribution in [-0.2, 0) is 13.1 Å². The fraction of sp³-hybridized carbons (Fsp3) is 0.300. The molecule has 0 unspecified atom stereocenters. The van der Waals surface area contributed by atoms with Crippen molar-refractivity contribution in [3.8, 4) is 0 Å². The molecule has 3 rings (SSSR count). The van der Waals surface area contributed by atoms with Gasteiger partial charge in [0, 0.05) is 24.5 Å². The Morgan fingerprint density at radius 3 is 2.56 bits per heavy atom. The number of fused-ring (bicyclic) bond motifs is 1. The van der Waals surface area contributed by atoms with E-state index < -0.39 is 0 Å². The fourth-order valence-corrected chi connectivity index (χ4v) is 2.71. The molecular weight excluding hydrogens is 315 g/mol. The van der Waals surface area contributed by atoms with E-state index in [9.17, 15) is 4.39 Å². The highest BCUT2D eigenvalue weighted by Gasteiger charge is 2.10. The first-order chi connectivity index (χ1) is 12.1. The summed E-state index contributed by atoms with van der Waals surface area (Å²) >= 11 is 0. The number of hydrogen-bond donors (Lipinski definition) is 1. The first-order valence-corrected chi connectivity index (χ1v) is 8.46. The monoisotopic (exact) mass is 338 g/mol. The molecular formula is C20H23FN4. The molecule has 0 saturated carbocycles. The number of hydrogen-bond acceptors (Lipinski definition) is 4. The summed E-state index contributed by atoms with van der Waals surface area (Å²) in [6.07, 6.45) is 1.40. The summed E-state index contributed by atoms with van der Waals surface area (Å²) in [5.74, 6) is 0.318. The van der Waals surface area contributed by atoms with Crippen LogP contribution in [0, 0.1) is 5.82 Å². The molecule has 2 aromatic carbocycles. The lowest BCUT2D eigenvalue weighted by atomic mass is 10.1. The van der Waals surface area contributed by atoms with E-state index >= 15 is 0 Å². The predicted molar refractivity (Wildman–Crippen MR) is 99.9 cm³/mol. The van der Waals surface area contributed by atoms with E-state index in [1.165, 1.54) is 23.5 Å². The lowest BCUT2D eigenvalue weighted by molar-refractivity contribution is 0.265. The Labute approximate surface area is 147 Å². The van der Waals surface area contributed by atoms with Gasteiger partial charge in [0.25, 0.3) is 0 Å². The molecule has 1 aromatic heterocycles. The standard InChI is InChI=1S/C20H23FN4/c1-14(2)25(3)12-16-8-5-4-7-15(16)11-22-20-17-9-6-10-18(21)19(17)23-13-24-20/h4-10,13-14H,11-12H2,1-3H3,(H,22,23,24). The number of aromatic nitrogens is 2. The van der Waals surface area contributed by atoms with Crippen molar-refractivity contribution in [2.75, 3.05) is 12.4 Å². The van der Waals surface area contributed by atoms with Crippen molar-refractivity contribution in [2.45, 2.75) is 33.0 Å². The number of nitrogens with one attached hydrogen (secondary N) is 1. The van der Waals surface area contributed by atoms with Crippen LogP contribution >= 0.6 is 0 Å². The Morgan fingerprint density at radius 1 is 1.04 bits per heavy atom. The summed E-state index contributed by atoms with van der Waals surface area (Å²) in [7, 11) is 2.12. The fourth-order valence-electron chi connectivity index (χ4n) is 2.71. The zero-order chi connectivity index (χ0) is 17.8. The van der Waals surface area contributed by atoms with E-state index in [-0.39, 0.29) is 5.82 Å². The number of anilines is 1. The topological polar surface area (TPSA) is 41.0 Å². The van der Waals surface area contributed by atoms with Crippen LogP contribution in [0.2, 0.25) is 0 Å². The molecule has 0 aliphatic carbocycles. The molecule has 3 aromatic rings. The molecule has 0 aliphatic rings. The molecule has 0 fully saturated rings. The largest absolute Gasteiger partial charge is 0.365 e. The predicted octanol–water partition coefficient (Wildman–Crippen LogP) is 4.22. The molecule has 130 valence electrons. The highest BCUT2D eigenvalue weighted by molar-refractivity contribution is 5.89. The second-order valence-electron chi connectivity index (χ2n) is 6.49. The summed E-state index contributed by atoms with van der Waals surface area (Å²) < 4.78 is 13.9. The molecule has 25 heavy (non-hydrogen) atoms. The van der Waals surface area contributed by atoms with Gasteiger partial charge in [0.1, 0.15) is 23.5 Å². The normalized spacial score (nSPS) is 11.4. The van der Waals surface area contributed by atoms with Crippen LogP contribution in [0.25, 0.3) is 10.9 Å². The Kier molecular flexibility index (Phi) is 5.24.